The number of hydrogen-bond donors (Lipinski definition) is 1. The van der Waals surface area contributed by atoms with Crippen molar-refractivity contribution in [1.82, 2.24) is 0 Å². The van der Waals surface area contributed by atoms with Gasteiger partial charge in [0.2, 0.25) is 0 Å². The smallest absolute Gasteiger partial charge is 0.348 e. The van der Waals surface area contributed by atoms with E-state index in [2.05, 4.69) is 5.32 Å². The minimum atomic E-state index is -3.11. The molecule has 0 saturated carbocycles. The topological polar surface area (TPSA) is 142 Å². The number of carbonyl (C=O) groups excluding carboxylic acids is 4. The molecule has 2 rings (SSSR count). The molecule has 12 heteroatoms. The number of thiophene rings is 1. The van der Waals surface area contributed by atoms with Gasteiger partial charge in [0.25, 0.3) is 5.91 Å². The van der Waals surface area contributed by atoms with Crippen molar-refractivity contribution in [1.29, 1.82) is 0 Å². The van der Waals surface area contributed by atoms with Crippen LogP contribution in [-0.2, 0) is 33.6 Å². The van der Waals surface area contributed by atoms with Gasteiger partial charge in [0, 0.05) is 6.42 Å². The summed E-state index contributed by atoms with van der Waals surface area (Å²) >= 11 is 0.862. The van der Waals surface area contributed by atoms with E-state index >= 15 is 0 Å². The SMILES string of the molecule is CCOC(=O)c1sc(NC(=O)COC(=O)CC2CCS(=O)(=O)C2)c(C(=O)OCC)c1C. The van der Waals surface area contributed by atoms with Crippen LogP contribution in [0.3, 0.4) is 0 Å². The Bertz CT molecular complexity index is 965. The zero-order valence-corrected chi connectivity index (χ0v) is 19.2. The van der Waals surface area contributed by atoms with Crippen molar-refractivity contribution in [2.75, 3.05) is 36.6 Å². The van der Waals surface area contributed by atoms with Gasteiger partial charge in [0.1, 0.15) is 9.88 Å². The molecular weight excluding hydrogens is 450 g/mol. The van der Waals surface area contributed by atoms with Gasteiger partial charge in [0.15, 0.2) is 16.4 Å². The maximum atomic E-state index is 12.3. The van der Waals surface area contributed by atoms with Gasteiger partial charge in [-0.3, -0.25) is 9.59 Å². The Hall–Kier alpha value is -2.47. The van der Waals surface area contributed by atoms with Crippen molar-refractivity contribution in [2.24, 2.45) is 5.92 Å². The van der Waals surface area contributed by atoms with Crippen molar-refractivity contribution in [3.05, 3.63) is 16.0 Å². The summed E-state index contributed by atoms with van der Waals surface area (Å²) in [6.45, 7) is 4.44. The normalized spacial score (nSPS) is 17.1. The van der Waals surface area contributed by atoms with Crippen LogP contribution in [0.25, 0.3) is 0 Å². The molecule has 0 spiro atoms. The first-order valence-electron chi connectivity index (χ1n) is 9.71. The molecule has 10 nitrogen and oxygen atoms in total. The Labute approximate surface area is 184 Å². The quantitative estimate of drug-likeness (QED) is 0.417. The lowest BCUT2D eigenvalue weighted by molar-refractivity contribution is -0.148. The molecule has 1 atom stereocenters. The third-order valence-electron chi connectivity index (χ3n) is 4.49. The molecule has 0 aromatic carbocycles. The molecule has 2 heterocycles. The molecule has 1 amide bonds. The molecule has 0 bridgehead atoms. The fourth-order valence-corrected chi connectivity index (χ4v) is 6.05. The minimum Gasteiger partial charge on any atom is -0.462 e. The Morgan fingerprint density at radius 3 is 2.29 bits per heavy atom. The van der Waals surface area contributed by atoms with E-state index in [1.54, 1.807) is 20.8 Å². The molecule has 0 radical (unpaired) electrons. The molecule has 1 fully saturated rings. The first kappa shape index (κ1) is 24.8. The molecule has 1 aliphatic rings. The molecule has 1 N–H and O–H groups in total. The number of anilines is 1. The highest BCUT2D eigenvalue weighted by Crippen LogP contribution is 2.34. The second kappa shape index (κ2) is 10.7. The standard InChI is InChI=1S/C19H25NO9S2/c1-4-27-18(23)15-11(3)16(19(24)28-5-2)30-17(15)20-13(21)9-29-14(22)8-12-6-7-31(25,26)10-12/h12H,4-10H2,1-3H3,(H,20,21). The maximum absolute atomic E-state index is 12.3. The number of esters is 3. The van der Waals surface area contributed by atoms with Gasteiger partial charge < -0.3 is 19.5 Å². The van der Waals surface area contributed by atoms with E-state index in [0.717, 1.165) is 11.3 Å². The first-order valence-corrected chi connectivity index (χ1v) is 12.3. The maximum Gasteiger partial charge on any atom is 0.348 e. The number of amides is 1. The molecule has 1 saturated heterocycles. The summed E-state index contributed by atoms with van der Waals surface area (Å²) in [5.74, 6) is -3.07. The number of nitrogens with one attached hydrogen (secondary N) is 1. The van der Waals surface area contributed by atoms with Crippen molar-refractivity contribution < 1.29 is 41.8 Å². The third-order valence-corrected chi connectivity index (χ3v) is 7.51. The van der Waals surface area contributed by atoms with E-state index in [4.69, 9.17) is 14.2 Å². The van der Waals surface area contributed by atoms with E-state index in [0.29, 0.717) is 12.0 Å². The molecule has 1 aromatic rings. The lowest BCUT2D eigenvalue weighted by atomic mass is 10.1. The predicted octanol–water partition coefficient (Wildman–Crippen LogP) is 1.72. The number of carbonyl (C=O) groups is 4. The van der Waals surface area contributed by atoms with E-state index in [-0.39, 0.29) is 52.5 Å². The number of sulfone groups is 1. The molecule has 0 aliphatic carbocycles. The molecule has 1 aliphatic heterocycles. The van der Waals surface area contributed by atoms with Crippen LogP contribution in [-0.4, -0.2) is 63.6 Å². The predicted molar refractivity (Wildman–Crippen MR) is 112 cm³/mol. The summed E-state index contributed by atoms with van der Waals surface area (Å²) < 4.78 is 37.8. The lowest BCUT2D eigenvalue weighted by Crippen LogP contribution is -2.23. The van der Waals surface area contributed by atoms with E-state index < -0.39 is 40.3 Å². The second-order valence-corrected chi connectivity index (χ2v) is 10.1. The summed E-state index contributed by atoms with van der Waals surface area (Å²) in [7, 11) is -3.11. The van der Waals surface area contributed by atoms with Crippen molar-refractivity contribution >= 4 is 50.0 Å². The van der Waals surface area contributed by atoms with E-state index in [1.165, 1.54) is 0 Å². The van der Waals surface area contributed by atoms with Gasteiger partial charge in [-0.15, -0.1) is 11.3 Å². The monoisotopic (exact) mass is 475 g/mol. The van der Waals surface area contributed by atoms with Crippen LogP contribution in [0.4, 0.5) is 5.00 Å². The van der Waals surface area contributed by atoms with Crippen LogP contribution in [0.5, 0.6) is 0 Å². The van der Waals surface area contributed by atoms with Crippen LogP contribution in [0, 0.1) is 12.8 Å². The molecule has 31 heavy (non-hydrogen) atoms. The number of hydrogen-bond acceptors (Lipinski definition) is 10. The molecular formula is C19H25NO9S2. The van der Waals surface area contributed by atoms with Gasteiger partial charge in [-0.2, -0.15) is 0 Å². The van der Waals surface area contributed by atoms with Crippen molar-refractivity contribution in [2.45, 2.75) is 33.6 Å². The van der Waals surface area contributed by atoms with Crippen LogP contribution < -0.4 is 5.32 Å². The lowest BCUT2D eigenvalue weighted by Gasteiger charge is -2.09. The summed E-state index contributed by atoms with van der Waals surface area (Å²) in [6, 6.07) is 0. The summed E-state index contributed by atoms with van der Waals surface area (Å²) in [4.78, 5) is 48.8. The van der Waals surface area contributed by atoms with E-state index in [9.17, 15) is 27.6 Å². The van der Waals surface area contributed by atoms with Gasteiger partial charge in [-0.1, -0.05) is 0 Å². The van der Waals surface area contributed by atoms with Crippen molar-refractivity contribution in [3.8, 4) is 0 Å². The van der Waals surface area contributed by atoms with Crippen LogP contribution in [0.1, 0.15) is 52.3 Å². The van der Waals surface area contributed by atoms with Crippen molar-refractivity contribution in [3.63, 3.8) is 0 Å². The zero-order valence-electron chi connectivity index (χ0n) is 17.5. The third kappa shape index (κ3) is 6.76. The first-order chi connectivity index (χ1) is 14.6. The molecule has 1 aromatic heterocycles. The second-order valence-electron chi connectivity index (χ2n) is 6.88. The van der Waals surface area contributed by atoms with Gasteiger partial charge in [0.05, 0.1) is 30.3 Å². The number of rotatable bonds is 9. The highest BCUT2D eigenvalue weighted by Gasteiger charge is 2.30. The average molecular weight is 476 g/mol. The minimum absolute atomic E-state index is 0.0331. The van der Waals surface area contributed by atoms with Gasteiger partial charge in [-0.25, -0.2) is 18.0 Å². The fraction of sp³-hybridized carbons (Fsp3) is 0.579. The Morgan fingerprint density at radius 1 is 1.06 bits per heavy atom. The summed E-state index contributed by atoms with van der Waals surface area (Å²) in [5.41, 5.74) is 0.349. The number of ether oxygens (including phenoxy) is 3. The Kier molecular flexibility index (Phi) is 8.57. The Morgan fingerprint density at radius 2 is 1.71 bits per heavy atom. The summed E-state index contributed by atoms with van der Waals surface area (Å²) in [5, 5.41) is 2.55. The average Bonchev–Trinajstić information content (AvgIpc) is 3.19. The van der Waals surface area contributed by atoms with Crippen LogP contribution in [0.15, 0.2) is 0 Å². The van der Waals surface area contributed by atoms with Crippen LogP contribution >= 0.6 is 11.3 Å². The highest BCUT2D eigenvalue weighted by molar-refractivity contribution is 7.91. The highest BCUT2D eigenvalue weighted by atomic mass is 32.2. The molecule has 172 valence electrons. The summed E-state index contributed by atoms with van der Waals surface area (Å²) in [6.07, 6.45) is 0.295. The van der Waals surface area contributed by atoms with Gasteiger partial charge in [-0.05, 0) is 38.7 Å². The zero-order chi connectivity index (χ0) is 23.2. The van der Waals surface area contributed by atoms with Crippen LogP contribution in [0.2, 0.25) is 0 Å². The fourth-order valence-electron chi connectivity index (χ4n) is 3.08. The largest absolute Gasteiger partial charge is 0.462 e. The van der Waals surface area contributed by atoms with Gasteiger partial charge >= 0.3 is 17.9 Å². The Balaban J connectivity index is 2.03. The van der Waals surface area contributed by atoms with E-state index in [1.807, 2.05) is 0 Å². The molecule has 1 unspecified atom stereocenters.